The summed E-state index contributed by atoms with van der Waals surface area (Å²) in [5.41, 5.74) is 2.10. The number of carbonyl (C=O) groups excluding carboxylic acids is 1. The minimum atomic E-state index is -3.51. The van der Waals surface area contributed by atoms with Crippen molar-refractivity contribution in [2.24, 2.45) is 0 Å². The zero-order valence-electron chi connectivity index (χ0n) is 14.9. The first-order valence-corrected chi connectivity index (χ1v) is 9.97. The van der Waals surface area contributed by atoms with Crippen LogP contribution < -0.4 is 10.0 Å². The molecule has 0 fully saturated rings. The van der Waals surface area contributed by atoms with Crippen LogP contribution in [0.4, 0.5) is 5.69 Å². The van der Waals surface area contributed by atoms with Gasteiger partial charge in [0.05, 0.1) is 11.3 Å². The molecule has 2 rings (SSSR count). The highest BCUT2D eigenvalue weighted by Crippen LogP contribution is 2.14. The first-order chi connectivity index (χ1) is 12.8. The summed E-state index contributed by atoms with van der Waals surface area (Å²) in [6, 6.07) is 13.2. The molecule has 2 aromatic rings. The van der Waals surface area contributed by atoms with E-state index in [2.05, 4.69) is 10.0 Å². The van der Waals surface area contributed by atoms with Crippen molar-refractivity contribution in [2.45, 2.75) is 31.1 Å². The average Bonchev–Trinajstić information content (AvgIpc) is 2.60. The van der Waals surface area contributed by atoms with Gasteiger partial charge in [0.1, 0.15) is 0 Å². The molecule has 0 atom stereocenters. The Morgan fingerprint density at radius 2 is 1.74 bits per heavy atom. The summed E-state index contributed by atoms with van der Waals surface area (Å²) >= 11 is 0. The maximum atomic E-state index is 12.2. The fourth-order valence-corrected chi connectivity index (χ4v) is 3.55. The molecule has 144 valence electrons. The molecule has 0 unspecified atom stereocenters. The first kappa shape index (κ1) is 20.6. The second-order valence-corrected chi connectivity index (χ2v) is 7.73. The number of carboxylic acid groups (broad SMARTS) is 1. The standard InChI is InChI=1S/C19H22N2O5S/c1-2-20-27(25,26)17-9-6-15(7-10-17)13-18(22)21-16-5-3-4-14(12-16)8-11-19(23)24/h3-7,9-10,12,20H,2,8,11,13H2,1H3,(H,21,22)(H,23,24). The molecule has 27 heavy (non-hydrogen) atoms. The normalized spacial score (nSPS) is 11.1. The van der Waals surface area contributed by atoms with Crippen molar-refractivity contribution in [3.63, 3.8) is 0 Å². The number of aliphatic carboxylic acids is 1. The monoisotopic (exact) mass is 390 g/mol. The fourth-order valence-electron chi connectivity index (χ4n) is 2.51. The van der Waals surface area contributed by atoms with Crippen LogP contribution in [-0.2, 0) is 32.5 Å². The number of carbonyl (C=O) groups is 2. The molecular weight excluding hydrogens is 368 g/mol. The molecule has 0 aliphatic heterocycles. The number of benzene rings is 2. The number of hydrogen-bond donors (Lipinski definition) is 3. The van der Waals surface area contributed by atoms with Gasteiger partial charge in [0, 0.05) is 18.7 Å². The van der Waals surface area contributed by atoms with Crippen molar-refractivity contribution in [3.05, 3.63) is 59.7 Å². The number of aryl methyl sites for hydroxylation is 1. The topological polar surface area (TPSA) is 113 Å². The molecule has 0 aliphatic rings. The van der Waals surface area contributed by atoms with Gasteiger partial charge >= 0.3 is 5.97 Å². The van der Waals surface area contributed by atoms with Gasteiger partial charge in [-0.3, -0.25) is 9.59 Å². The summed E-state index contributed by atoms with van der Waals surface area (Å²) in [6.45, 7) is 2.00. The van der Waals surface area contributed by atoms with Crippen LogP contribution in [0.25, 0.3) is 0 Å². The largest absolute Gasteiger partial charge is 0.481 e. The van der Waals surface area contributed by atoms with Crippen molar-refractivity contribution in [1.82, 2.24) is 4.72 Å². The molecule has 8 heteroatoms. The average molecular weight is 390 g/mol. The van der Waals surface area contributed by atoms with Crippen molar-refractivity contribution in [2.75, 3.05) is 11.9 Å². The molecule has 0 spiro atoms. The predicted molar refractivity (Wildman–Crippen MR) is 102 cm³/mol. The smallest absolute Gasteiger partial charge is 0.303 e. The minimum absolute atomic E-state index is 0.0273. The van der Waals surface area contributed by atoms with E-state index in [9.17, 15) is 18.0 Å². The summed E-state index contributed by atoms with van der Waals surface area (Å²) in [7, 11) is -3.51. The third kappa shape index (κ3) is 6.50. The maximum Gasteiger partial charge on any atom is 0.303 e. The van der Waals surface area contributed by atoms with Crippen LogP contribution in [0.1, 0.15) is 24.5 Å². The van der Waals surface area contributed by atoms with Gasteiger partial charge in [-0.15, -0.1) is 0 Å². The van der Waals surface area contributed by atoms with Crippen LogP contribution in [0.15, 0.2) is 53.4 Å². The quantitative estimate of drug-likeness (QED) is 0.607. The summed E-state index contributed by atoms with van der Waals surface area (Å²) < 4.78 is 26.2. The Hall–Kier alpha value is -2.71. The summed E-state index contributed by atoms with van der Waals surface area (Å²) in [5, 5.41) is 11.5. The van der Waals surface area contributed by atoms with E-state index in [4.69, 9.17) is 5.11 Å². The lowest BCUT2D eigenvalue weighted by molar-refractivity contribution is -0.137. The Kier molecular flexibility index (Phi) is 7.09. The molecule has 1 amide bonds. The van der Waals surface area contributed by atoms with Crippen molar-refractivity contribution < 1.29 is 23.1 Å². The summed E-state index contributed by atoms with van der Waals surface area (Å²) in [5.74, 6) is -1.11. The van der Waals surface area contributed by atoms with Gasteiger partial charge in [-0.1, -0.05) is 31.2 Å². The van der Waals surface area contributed by atoms with Crippen LogP contribution >= 0.6 is 0 Å². The predicted octanol–water partition coefficient (Wildman–Crippen LogP) is 2.18. The van der Waals surface area contributed by atoms with Crippen LogP contribution in [0, 0.1) is 0 Å². The van der Waals surface area contributed by atoms with Gasteiger partial charge in [-0.2, -0.15) is 0 Å². The lowest BCUT2D eigenvalue weighted by Gasteiger charge is -2.08. The SMILES string of the molecule is CCNS(=O)(=O)c1ccc(CC(=O)Nc2cccc(CCC(=O)O)c2)cc1. The number of rotatable bonds is 9. The maximum absolute atomic E-state index is 12.2. The number of anilines is 1. The minimum Gasteiger partial charge on any atom is -0.481 e. The van der Waals surface area contributed by atoms with E-state index in [0.29, 0.717) is 24.2 Å². The van der Waals surface area contributed by atoms with Crippen molar-refractivity contribution in [1.29, 1.82) is 0 Å². The number of amides is 1. The Labute approximate surface area is 158 Å². The molecular formula is C19H22N2O5S. The zero-order valence-corrected chi connectivity index (χ0v) is 15.8. The second kappa shape index (κ2) is 9.29. The van der Waals surface area contributed by atoms with Crippen LogP contribution in [0.5, 0.6) is 0 Å². The Morgan fingerprint density at radius 3 is 2.37 bits per heavy atom. The lowest BCUT2D eigenvalue weighted by Crippen LogP contribution is -2.23. The van der Waals surface area contributed by atoms with Gasteiger partial charge in [-0.25, -0.2) is 13.1 Å². The van der Waals surface area contributed by atoms with Crippen molar-refractivity contribution >= 4 is 27.6 Å². The fraction of sp³-hybridized carbons (Fsp3) is 0.263. The number of carboxylic acids is 1. The zero-order chi connectivity index (χ0) is 19.9. The van der Waals surface area contributed by atoms with Gasteiger partial charge in [0.15, 0.2) is 0 Å². The third-order valence-electron chi connectivity index (χ3n) is 3.77. The highest BCUT2D eigenvalue weighted by Gasteiger charge is 2.12. The second-order valence-electron chi connectivity index (χ2n) is 5.96. The highest BCUT2D eigenvalue weighted by atomic mass is 32.2. The van der Waals surface area contributed by atoms with Gasteiger partial charge < -0.3 is 10.4 Å². The van der Waals surface area contributed by atoms with E-state index in [-0.39, 0.29) is 23.6 Å². The summed E-state index contributed by atoms with van der Waals surface area (Å²) in [4.78, 5) is 23.0. The van der Waals surface area contributed by atoms with Gasteiger partial charge in [0.25, 0.3) is 0 Å². The van der Waals surface area contributed by atoms with E-state index < -0.39 is 16.0 Å². The first-order valence-electron chi connectivity index (χ1n) is 8.49. The Balaban J connectivity index is 1.98. The van der Waals surface area contributed by atoms with Gasteiger partial charge in [-0.05, 0) is 41.8 Å². The van der Waals surface area contributed by atoms with Crippen LogP contribution in [0.2, 0.25) is 0 Å². The van der Waals surface area contributed by atoms with Gasteiger partial charge in [0.2, 0.25) is 15.9 Å². The molecule has 0 saturated carbocycles. The molecule has 0 aromatic heterocycles. The van der Waals surface area contributed by atoms with E-state index in [1.54, 1.807) is 37.3 Å². The molecule has 0 aliphatic carbocycles. The van der Waals surface area contributed by atoms with E-state index in [1.807, 2.05) is 6.07 Å². The van der Waals surface area contributed by atoms with Crippen LogP contribution in [0.3, 0.4) is 0 Å². The number of nitrogens with one attached hydrogen (secondary N) is 2. The molecule has 0 saturated heterocycles. The van der Waals surface area contributed by atoms with E-state index in [1.165, 1.54) is 12.1 Å². The Bertz CT molecular complexity index is 908. The Morgan fingerprint density at radius 1 is 1.04 bits per heavy atom. The third-order valence-corrected chi connectivity index (χ3v) is 5.33. The number of hydrogen-bond acceptors (Lipinski definition) is 4. The van der Waals surface area contributed by atoms with E-state index >= 15 is 0 Å². The highest BCUT2D eigenvalue weighted by molar-refractivity contribution is 7.89. The molecule has 0 bridgehead atoms. The summed E-state index contributed by atoms with van der Waals surface area (Å²) in [6.07, 6.45) is 0.515. The molecule has 7 nitrogen and oxygen atoms in total. The number of sulfonamides is 1. The molecule has 3 N–H and O–H groups in total. The molecule has 0 radical (unpaired) electrons. The molecule has 2 aromatic carbocycles. The lowest BCUT2D eigenvalue weighted by atomic mass is 10.1. The molecule has 0 heterocycles. The van der Waals surface area contributed by atoms with E-state index in [0.717, 1.165) is 5.56 Å². The van der Waals surface area contributed by atoms with Crippen molar-refractivity contribution in [3.8, 4) is 0 Å². The van der Waals surface area contributed by atoms with Crippen LogP contribution in [-0.4, -0.2) is 31.9 Å².